The van der Waals surface area contributed by atoms with E-state index in [1.165, 1.54) is 17.1 Å². The van der Waals surface area contributed by atoms with Crippen LogP contribution in [0.5, 0.6) is 0 Å². The number of aryl methyl sites for hydroxylation is 2. The highest BCUT2D eigenvalue weighted by Crippen LogP contribution is 2.32. The van der Waals surface area contributed by atoms with Crippen LogP contribution in [-0.4, -0.2) is 31.0 Å². The number of imidazole rings is 1. The van der Waals surface area contributed by atoms with Gasteiger partial charge in [-0.2, -0.15) is 4.98 Å². The Hall–Kier alpha value is -3.16. The van der Waals surface area contributed by atoms with Crippen LogP contribution in [0.4, 0.5) is 11.6 Å². The molecule has 152 valence electrons. The lowest BCUT2D eigenvalue weighted by Crippen LogP contribution is -2.41. The second kappa shape index (κ2) is 7.02. The maximum absolute atomic E-state index is 13.1. The fourth-order valence-electron chi connectivity index (χ4n) is 4.00. The molecule has 0 amide bonds. The summed E-state index contributed by atoms with van der Waals surface area (Å²) in [4.78, 5) is 44.1. The summed E-state index contributed by atoms with van der Waals surface area (Å²) < 4.78 is 4.24. The third kappa shape index (κ3) is 3.08. The molecule has 8 nitrogen and oxygen atoms in total. The van der Waals surface area contributed by atoms with E-state index in [-0.39, 0.29) is 18.2 Å². The standard InChI is InChI=1S/C21H25N5O3/c1-5-15-6-8-16(9-7-15)24-10-13(2)11-25-17-18(22-20(24)25)23(4)21(29)26(19(17)28)12-14(3)27/h6-9,13H,5,10-12H2,1-4H3/t13-/m0/s1. The first kappa shape index (κ1) is 19.2. The van der Waals surface area contributed by atoms with Gasteiger partial charge in [-0.3, -0.25) is 18.7 Å². The van der Waals surface area contributed by atoms with Crippen LogP contribution in [0.1, 0.15) is 26.3 Å². The average Bonchev–Trinajstić information content (AvgIpc) is 3.08. The molecule has 0 unspecified atom stereocenters. The lowest BCUT2D eigenvalue weighted by Gasteiger charge is -2.33. The zero-order valence-corrected chi connectivity index (χ0v) is 17.2. The smallest absolute Gasteiger partial charge is 0.312 e. The predicted octanol–water partition coefficient (Wildman–Crippen LogP) is 1.84. The molecule has 0 radical (unpaired) electrons. The Bertz CT molecular complexity index is 1220. The van der Waals surface area contributed by atoms with Gasteiger partial charge in [0.2, 0.25) is 5.95 Å². The number of benzene rings is 1. The number of aromatic nitrogens is 4. The molecule has 2 aromatic heterocycles. The minimum absolute atomic E-state index is 0.236. The normalized spacial score (nSPS) is 16.3. The number of carbonyl (C=O) groups excluding carboxylic acids is 1. The summed E-state index contributed by atoms with van der Waals surface area (Å²) >= 11 is 0. The first-order valence-electron chi connectivity index (χ1n) is 9.87. The van der Waals surface area contributed by atoms with Gasteiger partial charge in [-0.1, -0.05) is 26.0 Å². The molecular weight excluding hydrogens is 370 g/mol. The Balaban J connectivity index is 1.96. The number of carbonyl (C=O) groups is 1. The van der Waals surface area contributed by atoms with Gasteiger partial charge in [0, 0.05) is 25.8 Å². The SMILES string of the molecule is CCc1ccc(N2C[C@H](C)Cn3c2nc2c3c(=O)n(CC(C)=O)c(=O)n2C)cc1. The molecule has 1 aliphatic rings. The molecule has 4 rings (SSSR count). The summed E-state index contributed by atoms with van der Waals surface area (Å²) in [5.41, 5.74) is 1.97. The van der Waals surface area contributed by atoms with Crippen LogP contribution >= 0.6 is 0 Å². The van der Waals surface area contributed by atoms with Crippen molar-refractivity contribution in [1.82, 2.24) is 18.7 Å². The largest absolute Gasteiger partial charge is 0.332 e. The fraction of sp³-hybridized carbons (Fsp3) is 0.429. The third-order valence-corrected chi connectivity index (χ3v) is 5.48. The predicted molar refractivity (Wildman–Crippen MR) is 112 cm³/mol. The highest BCUT2D eigenvalue weighted by molar-refractivity contribution is 5.78. The van der Waals surface area contributed by atoms with Crippen molar-refractivity contribution in [2.75, 3.05) is 11.4 Å². The van der Waals surface area contributed by atoms with Crippen LogP contribution < -0.4 is 16.1 Å². The number of hydrogen-bond donors (Lipinski definition) is 0. The van der Waals surface area contributed by atoms with Crippen molar-refractivity contribution in [3.8, 4) is 0 Å². The van der Waals surface area contributed by atoms with E-state index in [4.69, 9.17) is 0 Å². The molecule has 3 aromatic rings. The molecule has 0 saturated carbocycles. The van der Waals surface area contributed by atoms with Crippen molar-refractivity contribution in [3.05, 3.63) is 50.7 Å². The number of fused-ring (bicyclic) bond motifs is 3. The first-order chi connectivity index (χ1) is 13.8. The van der Waals surface area contributed by atoms with Crippen LogP contribution in [-0.2, 0) is 31.4 Å². The molecule has 1 aromatic carbocycles. The van der Waals surface area contributed by atoms with E-state index in [0.717, 1.165) is 23.2 Å². The van der Waals surface area contributed by atoms with Gasteiger partial charge in [-0.15, -0.1) is 0 Å². The highest BCUT2D eigenvalue weighted by atomic mass is 16.2. The first-order valence-corrected chi connectivity index (χ1v) is 9.87. The fourth-order valence-corrected chi connectivity index (χ4v) is 4.00. The van der Waals surface area contributed by atoms with Crippen molar-refractivity contribution < 1.29 is 4.79 Å². The second-order valence-corrected chi connectivity index (χ2v) is 7.87. The average molecular weight is 395 g/mol. The molecule has 8 heteroatoms. The second-order valence-electron chi connectivity index (χ2n) is 7.87. The van der Waals surface area contributed by atoms with E-state index in [1.54, 1.807) is 7.05 Å². The van der Waals surface area contributed by atoms with E-state index in [0.29, 0.717) is 23.7 Å². The maximum Gasteiger partial charge on any atom is 0.332 e. The maximum atomic E-state index is 13.1. The summed E-state index contributed by atoms with van der Waals surface area (Å²) in [7, 11) is 1.59. The summed E-state index contributed by atoms with van der Waals surface area (Å²) in [6, 6.07) is 8.32. The van der Waals surface area contributed by atoms with Gasteiger partial charge < -0.3 is 9.47 Å². The zero-order chi connectivity index (χ0) is 20.9. The Morgan fingerprint density at radius 3 is 2.48 bits per heavy atom. The highest BCUT2D eigenvalue weighted by Gasteiger charge is 2.29. The number of Topliss-reactive ketones (excluding diaryl/α,β-unsaturated/α-hetero) is 1. The van der Waals surface area contributed by atoms with E-state index in [9.17, 15) is 14.4 Å². The summed E-state index contributed by atoms with van der Waals surface area (Å²) in [6.45, 7) is 6.76. The minimum Gasteiger partial charge on any atom is -0.312 e. The molecule has 0 bridgehead atoms. The molecule has 1 atom stereocenters. The Kier molecular flexibility index (Phi) is 4.64. The number of rotatable bonds is 4. The van der Waals surface area contributed by atoms with Gasteiger partial charge in [0.15, 0.2) is 11.2 Å². The van der Waals surface area contributed by atoms with E-state index < -0.39 is 11.2 Å². The molecular formula is C21H25N5O3. The summed E-state index contributed by atoms with van der Waals surface area (Å²) in [5.74, 6) is 0.687. The van der Waals surface area contributed by atoms with Crippen molar-refractivity contribution in [3.63, 3.8) is 0 Å². The zero-order valence-electron chi connectivity index (χ0n) is 17.2. The van der Waals surface area contributed by atoms with Crippen LogP contribution in [0.15, 0.2) is 33.9 Å². The van der Waals surface area contributed by atoms with Crippen molar-refractivity contribution in [1.29, 1.82) is 0 Å². The van der Waals surface area contributed by atoms with Gasteiger partial charge in [-0.25, -0.2) is 4.79 Å². The van der Waals surface area contributed by atoms with Gasteiger partial charge in [0.1, 0.15) is 5.78 Å². The lowest BCUT2D eigenvalue weighted by atomic mass is 10.1. The molecule has 0 fully saturated rings. The molecule has 0 spiro atoms. The Morgan fingerprint density at radius 1 is 1.17 bits per heavy atom. The number of ketones is 1. The molecule has 29 heavy (non-hydrogen) atoms. The number of anilines is 2. The molecule has 0 saturated heterocycles. The molecule has 3 heterocycles. The quantitative estimate of drug-likeness (QED) is 0.673. The van der Waals surface area contributed by atoms with Crippen LogP contribution in [0, 0.1) is 5.92 Å². The third-order valence-electron chi connectivity index (χ3n) is 5.48. The van der Waals surface area contributed by atoms with Crippen LogP contribution in [0.2, 0.25) is 0 Å². The monoisotopic (exact) mass is 395 g/mol. The van der Waals surface area contributed by atoms with Gasteiger partial charge in [0.25, 0.3) is 5.56 Å². The number of nitrogens with zero attached hydrogens (tertiary/aromatic N) is 5. The summed E-state index contributed by atoms with van der Waals surface area (Å²) in [5, 5.41) is 0. The molecule has 0 N–H and O–H groups in total. The Labute approximate surface area is 168 Å². The van der Waals surface area contributed by atoms with E-state index >= 15 is 0 Å². The van der Waals surface area contributed by atoms with Crippen molar-refractivity contribution in [2.24, 2.45) is 13.0 Å². The van der Waals surface area contributed by atoms with Crippen LogP contribution in [0.25, 0.3) is 11.2 Å². The minimum atomic E-state index is -0.528. The van der Waals surface area contributed by atoms with E-state index in [2.05, 4.69) is 48.0 Å². The topological polar surface area (TPSA) is 82.1 Å². The van der Waals surface area contributed by atoms with Crippen molar-refractivity contribution >= 4 is 28.6 Å². The number of hydrogen-bond acceptors (Lipinski definition) is 5. The van der Waals surface area contributed by atoms with Crippen molar-refractivity contribution in [2.45, 2.75) is 40.3 Å². The molecule has 0 aliphatic carbocycles. The van der Waals surface area contributed by atoms with Gasteiger partial charge >= 0.3 is 5.69 Å². The molecule has 1 aliphatic heterocycles. The van der Waals surface area contributed by atoms with Gasteiger partial charge in [-0.05, 0) is 37.0 Å². The Morgan fingerprint density at radius 2 is 1.86 bits per heavy atom. The lowest BCUT2D eigenvalue weighted by molar-refractivity contribution is -0.117. The van der Waals surface area contributed by atoms with Crippen LogP contribution in [0.3, 0.4) is 0 Å². The van der Waals surface area contributed by atoms with Gasteiger partial charge in [0.05, 0.1) is 6.54 Å². The van der Waals surface area contributed by atoms with E-state index in [1.807, 2.05) is 4.57 Å². The summed E-state index contributed by atoms with van der Waals surface area (Å²) in [6.07, 6.45) is 0.965.